The summed E-state index contributed by atoms with van der Waals surface area (Å²) in [5.74, 6) is -0.200. The molecule has 94 valence electrons. The molecule has 0 aliphatic carbocycles. The van der Waals surface area contributed by atoms with E-state index >= 15 is 0 Å². The Labute approximate surface area is 120 Å². The summed E-state index contributed by atoms with van der Waals surface area (Å²) in [4.78, 5) is 0. The Hall–Kier alpha value is -0.940. The van der Waals surface area contributed by atoms with E-state index < -0.39 is 6.10 Å². The summed E-state index contributed by atoms with van der Waals surface area (Å²) in [5.41, 5.74) is 2.68. The van der Waals surface area contributed by atoms with Crippen molar-refractivity contribution in [3.63, 3.8) is 0 Å². The fourth-order valence-corrected chi connectivity index (χ4v) is 2.33. The number of benzene rings is 2. The highest BCUT2D eigenvalue weighted by molar-refractivity contribution is 14.1. The Morgan fingerprint density at radius 1 is 1.00 bits per heavy atom. The first-order valence-electron chi connectivity index (χ1n) is 5.69. The zero-order valence-corrected chi connectivity index (χ0v) is 12.4. The fraction of sp³-hybridized carbons (Fsp3) is 0.200. The minimum atomic E-state index is -0.708. The van der Waals surface area contributed by atoms with E-state index in [1.807, 2.05) is 24.3 Å². The molecule has 2 aromatic carbocycles. The van der Waals surface area contributed by atoms with Crippen molar-refractivity contribution in [2.75, 3.05) is 0 Å². The van der Waals surface area contributed by atoms with Crippen LogP contribution in [0.5, 0.6) is 0 Å². The molecule has 0 aliphatic heterocycles. The Kier molecular flexibility index (Phi) is 4.02. The fourth-order valence-electron chi connectivity index (χ4n) is 1.97. The molecule has 0 radical (unpaired) electrons. The number of hydrogen-bond acceptors (Lipinski definition) is 1. The molecule has 0 heterocycles. The highest BCUT2D eigenvalue weighted by Gasteiger charge is 2.13. The largest absolute Gasteiger partial charge is 0.384 e. The first-order chi connectivity index (χ1) is 8.49. The van der Waals surface area contributed by atoms with E-state index in [1.54, 1.807) is 26.0 Å². The Morgan fingerprint density at radius 2 is 1.50 bits per heavy atom. The molecule has 0 fully saturated rings. The Bertz CT molecular complexity index is 540. The third kappa shape index (κ3) is 2.72. The van der Waals surface area contributed by atoms with Gasteiger partial charge in [-0.25, -0.2) is 4.39 Å². The normalized spacial score (nSPS) is 12.5. The van der Waals surface area contributed by atoms with Crippen LogP contribution in [-0.2, 0) is 0 Å². The van der Waals surface area contributed by atoms with Gasteiger partial charge in [0.05, 0.1) is 0 Å². The van der Waals surface area contributed by atoms with Crippen molar-refractivity contribution < 1.29 is 9.50 Å². The van der Waals surface area contributed by atoms with Crippen molar-refractivity contribution in [3.05, 3.63) is 68.0 Å². The van der Waals surface area contributed by atoms with Crippen LogP contribution in [0.4, 0.5) is 4.39 Å². The molecule has 0 bridgehead atoms. The second kappa shape index (κ2) is 5.36. The zero-order valence-electron chi connectivity index (χ0n) is 10.2. The molecular weight excluding hydrogens is 342 g/mol. The molecule has 2 aromatic rings. The minimum absolute atomic E-state index is 0.200. The molecule has 0 aromatic heterocycles. The van der Waals surface area contributed by atoms with Gasteiger partial charge in [0.1, 0.15) is 11.9 Å². The summed E-state index contributed by atoms with van der Waals surface area (Å²) >= 11 is 2.22. The summed E-state index contributed by atoms with van der Waals surface area (Å²) < 4.78 is 14.7. The molecule has 0 amide bonds. The van der Waals surface area contributed by atoms with E-state index in [2.05, 4.69) is 22.6 Å². The average Bonchev–Trinajstić information content (AvgIpc) is 2.35. The van der Waals surface area contributed by atoms with Gasteiger partial charge in [-0.15, -0.1) is 0 Å². The summed E-state index contributed by atoms with van der Waals surface area (Å²) in [6, 6.07) is 11.1. The topological polar surface area (TPSA) is 20.2 Å². The lowest BCUT2D eigenvalue weighted by Crippen LogP contribution is -2.02. The molecule has 3 heteroatoms. The summed E-state index contributed by atoms with van der Waals surface area (Å²) in [6.07, 6.45) is -0.708. The van der Waals surface area contributed by atoms with Crippen LogP contribution in [0.1, 0.15) is 28.4 Å². The van der Waals surface area contributed by atoms with Crippen molar-refractivity contribution in [1.29, 1.82) is 0 Å². The quantitative estimate of drug-likeness (QED) is 0.803. The van der Waals surface area contributed by atoms with E-state index in [0.717, 1.165) is 14.7 Å². The molecule has 18 heavy (non-hydrogen) atoms. The highest BCUT2D eigenvalue weighted by Crippen LogP contribution is 2.25. The predicted octanol–water partition coefficient (Wildman–Crippen LogP) is 4.13. The van der Waals surface area contributed by atoms with Crippen LogP contribution < -0.4 is 0 Å². The molecule has 0 aliphatic rings. The minimum Gasteiger partial charge on any atom is -0.384 e. The van der Waals surface area contributed by atoms with Crippen molar-refractivity contribution in [1.82, 2.24) is 0 Å². The van der Waals surface area contributed by atoms with Gasteiger partial charge in [0, 0.05) is 3.57 Å². The molecule has 1 unspecified atom stereocenters. The molecule has 2 rings (SSSR count). The number of halogens is 2. The van der Waals surface area contributed by atoms with E-state index in [1.165, 1.54) is 0 Å². The van der Waals surface area contributed by atoms with E-state index in [4.69, 9.17) is 0 Å². The smallest absolute Gasteiger partial charge is 0.129 e. The number of rotatable bonds is 2. The third-order valence-corrected chi connectivity index (χ3v) is 3.68. The van der Waals surface area contributed by atoms with E-state index in [-0.39, 0.29) is 5.82 Å². The highest BCUT2D eigenvalue weighted by atomic mass is 127. The maximum atomic E-state index is 13.5. The van der Waals surface area contributed by atoms with Crippen LogP contribution in [0.25, 0.3) is 0 Å². The molecule has 1 atom stereocenters. The Balaban J connectivity index is 2.39. The van der Waals surface area contributed by atoms with Crippen LogP contribution in [0, 0.1) is 23.2 Å². The van der Waals surface area contributed by atoms with Crippen LogP contribution in [0.15, 0.2) is 36.4 Å². The third-order valence-electron chi connectivity index (χ3n) is 2.96. The van der Waals surface area contributed by atoms with Crippen LogP contribution in [-0.4, -0.2) is 5.11 Å². The Morgan fingerprint density at radius 3 is 2.00 bits per heavy atom. The monoisotopic (exact) mass is 356 g/mol. The van der Waals surface area contributed by atoms with Gasteiger partial charge in [0.2, 0.25) is 0 Å². The maximum absolute atomic E-state index is 13.5. The van der Waals surface area contributed by atoms with Gasteiger partial charge >= 0.3 is 0 Å². The van der Waals surface area contributed by atoms with E-state index in [0.29, 0.717) is 11.1 Å². The SMILES string of the molecule is Cc1cc(C(O)c2ccc(I)cc2)cc(C)c1F. The molecule has 0 spiro atoms. The molecule has 0 saturated carbocycles. The van der Waals surface area contributed by atoms with Gasteiger partial charge in [-0.3, -0.25) is 0 Å². The molecule has 0 saturated heterocycles. The van der Waals surface area contributed by atoms with Crippen LogP contribution >= 0.6 is 22.6 Å². The van der Waals surface area contributed by atoms with E-state index in [9.17, 15) is 9.50 Å². The van der Waals surface area contributed by atoms with Gasteiger partial charge in [0.15, 0.2) is 0 Å². The van der Waals surface area contributed by atoms with Gasteiger partial charge in [-0.2, -0.15) is 0 Å². The number of aryl methyl sites for hydroxylation is 2. The zero-order chi connectivity index (χ0) is 13.3. The van der Waals surface area contributed by atoms with Crippen LogP contribution in [0.3, 0.4) is 0 Å². The predicted molar refractivity (Wildman–Crippen MR) is 79.1 cm³/mol. The molecular formula is C15H14FIO. The average molecular weight is 356 g/mol. The first-order valence-corrected chi connectivity index (χ1v) is 6.77. The van der Waals surface area contributed by atoms with Gasteiger partial charge < -0.3 is 5.11 Å². The standard InChI is InChI=1S/C15H14FIO/c1-9-7-12(8-10(2)14(9)16)15(18)11-3-5-13(17)6-4-11/h3-8,15,18H,1-2H3. The molecule has 1 nitrogen and oxygen atoms in total. The maximum Gasteiger partial charge on any atom is 0.129 e. The van der Waals surface area contributed by atoms with Gasteiger partial charge in [0.25, 0.3) is 0 Å². The summed E-state index contributed by atoms with van der Waals surface area (Å²) in [6.45, 7) is 3.43. The van der Waals surface area contributed by atoms with Crippen molar-refractivity contribution in [3.8, 4) is 0 Å². The van der Waals surface area contributed by atoms with Crippen molar-refractivity contribution in [2.24, 2.45) is 0 Å². The second-order valence-corrected chi connectivity index (χ2v) is 5.67. The summed E-state index contributed by atoms with van der Waals surface area (Å²) in [5, 5.41) is 10.3. The molecule has 1 N–H and O–H groups in total. The van der Waals surface area contributed by atoms with Crippen LogP contribution in [0.2, 0.25) is 0 Å². The number of aliphatic hydroxyl groups excluding tert-OH is 1. The van der Waals surface area contributed by atoms with Crippen molar-refractivity contribution >= 4 is 22.6 Å². The van der Waals surface area contributed by atoms with Gasteiger partial charge in [-0.05, 0) is 70.8 Å². The first kappa shape index (κ1) is 13.5. The van der Waals surface area contributed by atoms with Crippen molar-refractivity contribution in [2.45, 2.75) is 20.0 Å². The summed E-state index contributed by atoms with van der Waals surface area (Å²) in [7, 11) is 0. The lowest BCUT2D eigenvalue weighted by molar-refractivity contribution is 0.220. The number of aliphatic hydroxyl groups is 1. The van der Waals surface area contributed by atoms with Gasteiger partial charge in [-0.1, -0.05) is 24.3 Å². The second-order valence-electron chi connectivity index (χ2n) is 4.42. The number of hydrogen-bond donors (Lipinski definition) is 1. The lowest BCUT2D eigenvalue weighted by Gasteiger charge is -2.14. The lowest BCUT2D eigenvalue weighted by atomic mass is 9.98.